The van der Waals surface area contributed by atoms with E-state index in [1.807, 2.05) is 28.7 Å². The summed E-state index contributed by atoms with van der Waals surface area (Å²) >= 11 is 8.00. The molecule has 2 aromatic rings. The van der Waals surface area contributed by atoms with Crippen LogP contribution in [0.3, 0.4) is 0 Å². The SMILES string of the molecule is Fc1cc2c(cc1I)nc(CCCl)n2C(C1CC1)C1CC1. The Labute approximate surface area is 142 Å². The van der Waals surface area contributed by atoms with Crippen LogP contribution < -0.4 is 0 Å². The summed E-state index contributed by atoms with van der Waals surface area (Å²) in [6, 6.07) is 4.03. The first-order valence-electron chi connectivity index (χ1n) is 7.61. The van der Waals surface area contributed by atoms with Crippen LogP contribution in [-0.2, 0) is 6.42 Å². The second-order valence-corrected chi connectivity index (χ2v) is 7.80. The molecule has 1 aromatic carbocycles. The Hall–Kier alpha value is -0.360. The topological polar surface area (TPSA) is 17.8 Å². The van der Waals surface area contributed by atoms with Crippen LogP contribution in [0.25, 0.3) is 11.0 Å². The van der Waals surface area contributed by atoms with Gasteiger partial charge < -0.3 is 4.57 Å². The average molecular weight is 419 g/mol. The highest BCUT2D eigenvalue weighted by Crippen LogP contribution is 2.53. The van der Waals surface area contributed by atoms with Crippen molar-refractivity contribution in [1.29, 1.82) is 0 Å². The number of alkyl halides is 1. The van der Waals surface area contributed by atoms with Crippen LogP contribution in [0.4, 0.5) is 4.39 Å². The third-order valence-corrected chi connectivity index (χ3v) is 5.65. The van der Waals surface area contributed by atoms with E-state index in [1.54, 1.807) is 6.07 Å². The number of aryl methyl sites for hydroxylation is 1. The van der Waals surface area contributed by atoms with Gasteiger partial charge in [0.05, 0.1) is 14.6 Å². The largest absolute Gasteiger partial charge is 0.324 e. The molecule has 2 nitrogen and oxygen atoms in total. The molecular weight excluding hydrogens is 402 g/mol. The summed E-state index contributed by atoms with van der Waals surface area (Å²) in [5.41, 5.74) is 1.86. The van der Waals surface area contributed by atoms with E-state index >= 15 is 0 Å². The van der Waals surface area contributed by atoms with Gasteiger partial charge in [0.15, 0.2) is 0 Å². The van der Waals surface area contributed by atoms with E-state index in [2.05, 4.69) is 4.57 Å². The zero-order valence-corrected chi connectivity index (χ0v) is 14.6. The maximum Gasteiger partial charge on any atom is 0.138 e. The van der Waals surface area contributed by atoms with Crippen LogP contribution in [0.15, 0.2) is 12.1 Å². The third-order valence-electron chi connectivity index (χ3n) is 4.63. The lowest BCUT2D eigenvalue weighted by molar-refractivity contribution is 0.393. The molecule has 0 N–H and O–H groups in total. The predicted molar refractivity (Wildman–Crippen MR) is 91.3 cm³/mol. The minimum atomic E-state index is -0.146. The second kappa shape index (κ2) is 5.37. The number of benzene rings is 1. The summed E-state index contributed by atoms with van der Waals surface area (Å²) in [4.78, 5) is 4.75. The molecule has 5 heteroatoms. The van der Waals surface area contributed by atoms with Gasteiger partial charge in [0.25, 0.3) is 0 Å². The smallest absolute Gasteiger partial charge is 0.138 e. The highest BCUT2D eigenvalue weighted by Gasteiger charge is 2.43. The number of rotatable bonds is 5. The lowest BCUT2D eigenvalue weighted by Gasteiger charge is -2.21. The fourth-order valence-electron chi connectivity index (χ4n) is 3.42. The molecule has 0 aliphatic heterocycles. The molecular formula is C16H17ClFIN2. The van der Waals surface area contributed by atoms with Crippen molar-refractivity contribution in [3.05, 3.63) is 27.3 Å². The Bertz CT molecular complexity index is 679. The molecule has 1 heterocycles. The van der Waals surface area contributed by atoms with Crippen molar-refractivity contribution in [3.8, 4) is 0 Å². The van der Waals surface area contributed by atoms with Gasteiger partial charge in [0.1, 0.15) is 11.6 Å². The first kappa shape index (κ1) is 14.2. The summed E-state index contributed by atoms with van der Waals surface area (Å²) in [7, 11) is 0. The molecule has 2 fully saturated rings. The first-order chi connectivity index (χ1) is 10.2. The van der Waals surface area contributed by atoms with Gasteiger partial charge >= 0.3 is 0 Å². The fraction of sp³-hybridized carbons (Fsp3) is 0.562. The zero-order valence-electron chi connectivity index (χ0n) is 11.7. The van der Waals surface area contributed by atoms with Gasteiger partial charge in [0.2, 0.25) is 0 Å². The van der Waals surface area contributed by atoms with Crippen LogP contribution in [0.5, 0.6) is 0 Å². The average Bonchev–Trinajstić information content (AvgIpc) is 3.34. The molecule has 0 bridgehead atoms. The summed E-state index contributed by atoms with van der Waals surface area (Å²) in [6.45, 7) is 0. The molecule has 0 atom stereocenters. The minimum Gasteiger partial charge on any atom is -0.324 e. The van der Waals surface area contributed by atoms with Crippen molar-refractivity contribution in [3.63, 3.8) is 0 Å². The molecule has 4 rings (SSSR count). The van der Waals surface area contributed by atoms with E-state index in [0.29, 0.717) is 15.5 Å². The second-order valence-electron chi connectivity index (χ2n) is 6.26. The molecule has 112 valence electrons. The molecule has 0 spiro atoms. The highest BCUT2D eigenvalue weighted by atomic mass is 127. The molecule has 2 aliphatic rings. The number of imidazole rings is 1. The molecule has 0 unspecified atom stereocenters. The number of fused-ring (bicyclic) bond motifs is 1. The quantitative estimate of drug-likeness (QED) is 0.498. The Morgan fingerprint density at radius 2 is 1.95 bits per heavy atom. The van der Waals surface area contributed by atoms with Gasteiger partial charge in [-0.25, -0.2) is 9.37 Å². The molecule has 2 aliphatic carbocycles. The van der Waals surface area contributed by atoms with E-state index in [0.717, 1.165) is 35.1 Å². The Morgan fingerprint density at radius 1 is 1.29 bits per heavy atom. The van der Waals surface area contributed by atoms with Gasteiger partial charge in [-0.15, -0.1) is 11.6 Å². The number of hydrogen-bond donors (Lipinski definition) is 0. The Morgan fingerprint density at radius 3 is 2.52 bits per heavy atom. The van der Waals surface area contributed by atoms with E-state index in [-0.39, 0.29) is 5.82 Å². The van der Waals surface area contributed by atoms with Crippen LogP contribution in [0, 0.1) is 21.2 Å². The predicted octanol–water partition coefficient (Wildman–Crippen LogP) is 4.92. The summed E-state index contributed by atoms with van der Waals surface area (Å²) < 4.78 is 17.0. The Kier molecular flexibility index (Phi) is 3.64. The number of halogens is 3. The van der Waals surface area contributed by atoms with Crippen LogP contribution >= 0.6 is 34.2 Å². The standard InChI is InChI=1S/C16H17ClFIN2/c17-6-5-15-20-13-8-12(19)11(18)7-14(13)21(15)16(9-1-2-9)10-3-4-10/h7-10,16H,1-6H2. The van der Waals surface area contributed by atoms with E-state index in [4.69, 9.17) is 16.6 Å². The van der Waals surface area contributed by atoms with Crippen LogP contribution in [0.1, 0.15) is 37.5 Å². The summed E-state index contributed by atoms with van der Waals surface area (Å²) in [6.07, 6.45) is 5.95. The van der Waals surface area contributed by atoms with Crippen molar-refractivity contribution in [2.24, 2.45) is 11.8 Å². The van der Waals surface area contributed by atoms with Gasteiger partial charge in [-0.3, -0.25) is 0 Å². The van der Waals surface area contributed by atoms with Crippen molar-refractivity contribution < 1.29 is 4.39 Å². The van der Waals surface area contributed by atoms with Crippen LogP contribution in [-0.4, -0.2) is 15.4 Å². The lowest BCUT2D eigenvalue weighted by atomic mass is 10.1. The van der Waals surface area contributed by atoms with Gasteiger partial charge in [0, 0.05) is 24.4 Å². The molecule has 2 saturated carbocycles. The first-order valence-corrected chi connectivity index (χ1v) is 9.22. The molecule has 1 aromatic heterocycles. The molecule has 0 saturated heterocycles. The van der Waals surface area contributed by atoms with Crippen LogP contribution in [0.2, 0.25) is 0 Å². The van der Waals surface area contributed by atoms with Crippen molar-refractivity contribution in [1.82, 2.24) is 9.55 Å². The zero-order chi connectivity index (χ0) is 14.6. The van der Waals surface area contributed by atoms with E-state index < -0.39 is 0 Å². The molecule has 0 radical (unpaired) electrons. The molecule has 0 amide bonds. The van der Waals surface area contributed by atoms with Gasteiger partial charge in [-0.05, 0) is 66.2 Å². The van der Waals surface area contributed by atoms with Crippen molar-refractivity contribution in [2.45, 2.75) is 38.1 Å². The maximum atomic E-state index is 14.0. The summed E-state index contributed by atoms with van der Waals surface area (Å²) in [5, 5.41) is 0. The highest BCUT2D eigenvalue weighted by molar-refractivity contribution is 14.1. The van der Waals surface area contributed by atoms with Crippen molar-refractivity contribution in [2.75, 3.05) is 5.88 Å². The lowest BCUT2D eigenvalue weighted by Crippen LogP contribution is -2.17. The Balaban J connectivity index is 1.90. The van der Waals surface area contributed by atoms with E-state index in [9.17, 15) is 4.39 Å². The minimum absolute atomic E-state index is 0.146. The number of aromatic nitrogens is 2. The fourth-order valence-corrected chi connectivity index (χ4v) is 4.04. The van der Waals surface area contributed by atoms with Gasteiger partial charge in [-0.1, -0.05) is 0 Å². The normalized spacial score (nSPS) is 18.9. The number of nitrogens with zero attached hydrogens (tertiary/aromatic N) is 2. The number of hydrogen-bond acceptors (Lipinski definition) is 1. The molecule has 21 heavy (non-hydrogen) atoms. The van der Waals surface area contributed by atoms with Gasteiger partial charge in [-0.2, -0.15) is 0 Å². The third kappa shape index (κ3) is 2.58. The van der Waals surface area contributed by atoms with E-state index in [1.165, 1.54) is 25.7 Å². The summed E-state index contributed by atoms with van der Waals surface area (Å²) in [5.74, 6) is 2.96. The maximum absolute atomic E-state index is 14.0. The monoisotopic (exact) mass is 418 g/mol. The van der Waals surface area contributed by atoms with Crippen molar-refractivity contribution >= 4 is 45.2 Å².